The zero-order chi connectivity index (χ0) is 20.2. The smallest absolute Gasteiger partial charge is 0.343 e. The van der Waals surface area contributed by atoms with Crippen LogP contribution in [-0.4, -0.2) is 36.6 Å². The zero-order valence-corrected chi connectivity index (χ0v) is 20.6. The summed E-state index contributed by atoms with van der Waals surface area (Å²) in [4.78, 5) is 12.5. The third-order valence-corrected chi connectivity index (χ3v) is 5.07. The quantitative estimate of drug-likeness (QED) is 0.342. The summed E-state index contributed by atoms with van der Waals surface area (Å²) in [5, 5.41) is 4.16. The van der Waals surface area contributed by atoms with Crippen LogP contribution in [0.4, 0.5) is 0 Å². The summed E-state index contributed by atoms with van der Waals surface area (Å²) in [7, 11) is -5.51. The first-order chi connectivity index (χ1) is 11.6. The molecule has 1 rings (SSSR count). The molecule has 0 aliphatic carbocycles. The van der Waals surface area contributed by atoms with Crippen molar-refractivity contribution in [2.24, 2.45) is 5.16 Å². The average Bonchev–Trinajstić information content (AvgIpc) is 2.40. The van der Waals surface area contributed by atoms with E-state index in [2.05, 4.69) is 24.8 Å². The van der Waals surface area contributed by atoms with Gasteiger partial charge in [0.25, 0.3) is 8.32 Å². The van der Waals surface area contributed by atoms with Crippen molar-refractivity contribution in [3.8, 4) is 5.75 Å². The van der Waals surface area contributed by atoms with E-state index in [0.29, 0.717) is 12.1 Å². The number of carbonyl (C=O) groups is 1. The first-order valence-electron chi connectivity index (χ1n) is 8.91. The highest BCUT2D eigenvalue weighted by Crippen LogP contribution is 2.18. The van der Waals surface area contributed by atoms with Crippen LogP contribution in [-0.2, 0) is 20.2 Å². The third kappa shape index (κ3) is 9.93. The summed E-state index contributed by atoms with van der Waals surface area (Å²) in [5.41, 5.74) is 1.28. The van der Waals surface area contributed by atoms with E-state index in [-0.39, 0.29) is 5.97 Å². The highest BCUT2D eigenvalue weighted by molar-refractivity contribution is 6.73. The van der Waals surface area contributed by atoms with Gasteiger partial charge in [0, 0.05) is 6.42 Å². The molecule has 0 spiro atoms. The molecule has 0 atom stereocenters. The van der Waals surface area contributed by atoms with Gasteiger partial charge in [-0.25, -0.2) is 4.79 Å². The second-order valence-electron chi connectivity index (χ2n) is 9.28. The Morgan fingerprint density at radius 1 is 0.846 bits per heavy atom. The van der Waals surface area contributed by atoms with Gasteiger partial charge >= 0.3 is 5.97 Å². The van der Waals surface area contributed by atoms with Crippen LogP contribution in [0.5, 0.6) is 5.75 Å². The molecule has 0 aliphatic heterocycles. The summed E-state index contributed by atoms with van der Waals surface area (Å²) in [6.45, 7) is 18.4. The highest BCUT2D eigenvalue weighted by Gasteiger charge is 2.25. The molecule has 0 aliphatic rings. The van der Waals surface area contributed by atoms with Gasteiger partial charge in [0.15, 0.2) is 5.71 Å². The van der Waals surface area contributed by atoms with Gasteiger partial charge in [0.2, 0.25) is 16.6 Å². The molecule has 0 aromatic heterocycles. The molecule has 0 fully saturated rings. The zero-order valence-electron chi connectivity index (χ0n) is 17.6. The Morgan fingerprint density at radius 3 is 1.81 bits per heavy atom. The van der Waals surface area contributed by atoms with Crippen LogP contribution in [0.15, 0.2) is 29.4 Å². The van der Waals surface area contributed by atoms with Gasteiger partial charge in [-0.1, -0.05) is 17.3 Å². The number of oxime groups is 1. The maximum atomic E-state index is 12.5. The summed E-state index contributed by atoms with van der Waals surface area (Å²) in [6, 6.07) is 7.80. The van der Waals surface area contributed by atoms with E-state index in [0.717, 1.165) is 11.3 Å². The molecule has 1 aromatic rings. The highest BCUT2D eigenvalue weighted by atomic mass is 28.4. The second-order valence-corrected chi connectivity index (χ2v) is 22.5. The Morgan fingerprint density at radius 2 is 1.38 bits per heavy atom. The van der Waals surface area contributed by atoms with Crippen molar-refractivity contribution in [3.63, 3.8) is 0 Å². The van der Waals surface area contributed by atoms with Gasteiger partial charge in [-0.2, -0.15) is 0 Å². The molecule has 0 unspecified atom stereocenters. The van der Waals surface area contributed by atoms with Crippen molar-refractivity contribution < 1.29 is 18.2 Å². The van der Waals surface area contributed by atoms with Gasteiger partial charge in [-0.3, -0.25) is 0 Å². The van der Waals surface area contributed by atoms with Gasteiger partial charge in [-0.05, 0) is 76.6 Å². The third-order valence-electron chi connectivity index (χ3n) is 2.78. The molecule has 26 heavy (non-hydrogen) atoms. The number of carbonyl (C=O) groups excluding carboxylic acids is 1. The molecular weight excluding hydrogens is 378 g/mol. The number of hydrogen-bond donors (Lipinski definition) is 0. The second kappa shape index (κ2) is 8.53. The first-order valence-corrected chi connectivity index (χ1v) is 19.1. The normalized spacial score (nSPS) is 13.3. The van der Waals surface area contributed by atoms with Crippen LogP contribution in [0.2, 0.25) is 58.9 Å². The molecule has 0 saturated heterocycles. The number of hydrogen-bond acceptors (Lipinski definition) is 5. The topological polar surface area (TPSA) is 57.1 Å². The standard InChI is InChI=1S/C18H33NO4Si3/c1-24(2,3)21-16-12-10-15(11-13-16)14-17(19-23-26(7,8)9)18(20)22-25(4,5)6/h10-13H,14H2,1-9H3. The SMILES string of the molecule is C[Si](C)(C)ON=C(Cc1ccc(O[Si](C)(C)C)cc1)C(=O)O[Si](C)(C)C. The van der Waals surface area contributed by atoms with Crippen molar-refractivity contribution >= 4 is 36.6 Å². The maximum absolute atomic E-state index is 12.5. The van der Waals surface area contributed by atoms with E-state index < -0.39 is 25.0 Å². The molecule has 1 aromatic carbocycles. The minimum atomic E-state index is -2.00. The molecule has 146 valence electrons. The fraction of sp³-hybridized carbons (Fsp3) is 0.556. The van der Waals surface area contributed by atoms with Crippen LogP contribution in [0, 0.1) is 0 Å². The van der Waals surface area contributed by atoms with Gasteiger partial charge in [0.05, 0.1) is 0 Å². The van der Waals surface area contributed by atoms with E-state index >= 15 is 0 Å². The van der Waals surface area contributed by atoms with Crippen molar-refractivity contribution in [2.45, 2.75) is 65.3 Å². The van der Waals surface area contributed by atoms with Gasteiger partial charge in [0.1, 0.15) is 5.75 Å². The molecule has 0 heterocycles. The van der Waals surface area contributed by atoms with Crippen molar-refractivity contribution in [2.75, 3.05) is 0 Å². The lowest BCUT2D eigenvalue weighted by molar-refractivity contribution is -0.127. The van der Waals surface area contributed by atoms with E-state index in [1.807, 2.05) is 63.5 Å². The molecule has 5 nitrogen and oxygen atoms in total. The molecule has 0 saturated carbocycles. The Bertz CT molecular complexity index is 638. The molecule has 0 N–H and O–H groups in total. The van der Waals surface area contributed by atoms with Crippen molar-refractivity contribution in [1.82, 2.24) is 0 Å². The van der Waals surface area contributed by atoms with E-state index in [1.54, 1.807) is 0 Å². The lowest BCUT2D eigenvalue weighted by Gasteiger charge is -2.20. The van der Waals surface area contributed by atoms with E-state index in [1.165, 1.54) is 0 Å². The fourth-order valence-electron chi connectivity index (χ4n) is 1.89. The Balaban J connectivity index is 2.96. The van der Waals surface area contributed by atoms with Crippen LogP contribution in [0.1, 0.15) is 5.56 Å². The Labute approximate surface area is 161 Å². The predicted molar refractivity (Wildman–Crippen MR) is 115 cm³/mol. The van der Waals surface area contributed by atoms with Gasteiger partial charge in [-0.15, -0.1) is 0 Å². The predicted octanol–water partition coefficient (Wildman–Crippen LogP) is 5.03. The summed E-state index contributed by atoms with van der Waals surface area (Å²) >= 11 is 0. The molecular formula is C18H33NO4Si3. The lowest BCUT2D eigenvalue weighted by atomic mass is 10.1. The van der Waals surface area contributed by atoms with Crippen molar-refractivity contribution in [3.05, 3.63) is 29.8 Å². The van der Waals surface area contributed by atoms with E-state index in [4.69, 9.17) is 13.4 Å². The Kier molecular flexibility index (Phi) is 7.43. The van der Waals surface area contributed by atoms with Crippen LogP contribution in [0.25, 0.3) is 0 Å². The monoisotopic (exact) mass is 411 g/mol. The maximum Gasteiger partial charge on any atom is 0.343 e. The largest absolute Gasteiger partial charge is 0.544 e. The van der Waals surface area contributed by atoms with Crippen LogP contribution in [0.3, 0.4) is 0 Å². The van der Waals surface area contributed by atoms with Crippen molar-refractivity contribution in [1.29, 1.82) is 0 Å². The van der Waals surface area contributed by atoms with Crippen LogP contribution < -0.4 is 4.43 Å². The van der Waals surface area contributed by atoms with E-state index in [9.17, 15) is 4.79 Å². The summed E-state index contributed by atoms with van der Waals surface area (Å²) in [5.74, 6) is 0.472. The summed E-state index contributed by atoms with van der Waals surface area (Å²) < 4.78 is 17.2. The fourth-order valence-corrected chi connectivity index (χ4v) is 3.79. The molecule has 0 radical (unpaired) electrons. The minimum absolute atomic E-state index is 0.314. The Hall–Kier alpha value is -1.39. The number of rotatable bonds is 8. The molecule has 0 bridgehead atoms. The van der Waals surface area contributed by atoms with Gasteiger partial charge < -0.3 is 13.4 Å². The van der Waals surface area contributed by atoms with Crippen LogP contribution >= 0.6 is 0 Å². The first kappa shape index (κ1) is 22.7. The number of benzene rings is 1. The molecule has 0 amide bonds. The lowest BCUT2D eigenvalue weighted by Crippen LogP contribution is -2.34. The minimum Gasteiger partial charge on any atom is -0.544 e. The number of nitrogens with zero attached hydrogens (tertiary/aromatic N) is 1. The molecule has 8 heteroatoms. The average molecular weight is 412 g/mol. The summed E-state index contributed by atoms with van der Waals surface area (Å²) in [6.07, 6.45) is 0.376.